The van der Waals surface area contributed by atoms with Gasteiger partial charge in [0.2, 0.25) is 0 Å². The summed E-state index contributed by atoms with van der Waals surface area (Å²) in [5.74, 6) is 0.672. The van der Waals surface area contributed by atoms with Crippen LogP contribution in [0.15, 0.2) is 182 Å². The molecule has 3 heterocycles. The van der Waals surface area contributed by atoms with E-state index in [1.165, 1.54) is 16.2 Å². The first-order valence-corrected chi connectivity index (χ1v) is 17.5. The van der Waals surface area contributed by atoms with Crippen LogP contribution < -0.4 is 0 Å². The molecule has 4 heteroatoms. The molecule has 0 spiro atoms. The van der Waals surface area contributed by atoms with Gasteiger partial charge in [-0.05, 0) is 82.2 Å². The Labute approximate surface area is 300 Å². The van der Waals surface area contributed by atoms with Gasteiger partial charge < -0.3 is 0 Å². The Balaban J connectivity index is 1.21. The normalized spacial score (nSPS) is 11.5. The maximum absolute atomic E-state index is 5.29. The summed E-state index contributed by atoms with van der Waals surface area (Å²) in [6, 6.07) is 63.4. The average molecular weight is 663 g/mol. The highest BCUT2D eigenvalue weighted by Crippen LogP contribution is 2.35. The predicted octanol–water partition coefficient (Wildman–Crippen LogP) is 12.2. The van der Waals surface area contributed by atoms with Crippen molar-refractivity contribution < 1.29 is 0 Å². The van der Waals surface area contributed by atoms with Gasteiger partial charge in [0.1, 0.15) is 0 Å². The van der Waals surface area contributed by atoms with Crippen molar-refractivity contribution in [1.82, 2.24) is 19.9 Å². The van der Waals surface area contributed by atoms with Crippen molar-refractivity contribution >= 4 is 43.4 Å². The lowest BCUT2D eigenvalue weighted by Crippen LogP contribution is -1.97. The molecule has 4 nitrogen and oxygen atoms in total. The fraction of sp³-hybridized carbons (Fsp3) is 0. The Morgan fingerprint density at radius 1 is 0.231 bits per heavy atom. The summed E-state index contributed by atoms with van der Waals surface area (Å²) in [6.45, 7) is 0. The van der Waals surface area contributed by atoms with Crippen molar-refractivity contribution in [1.29, 1.82) is 0 Å². The van der Waals surface area contributed by atoms with Crippen molar-refractivity contribution in [3.63, 3.8) is 0 Å². The maximum atomic E-state index is 5.29. The Morgan fingerprint density at radius 2 is 0.635 bits per heavy atom. The monoisotopic (exact) mass is 662 g/mol. The number of nitrogens with zero attached hydrogens (tertiary/aromatic N) is 4. The van der Waals surface area contributed by atoms with E-state index in [4.69, 9.17) is 19.9 Å². The first-order chi connectivity index (χ1) is 25.7. The molecule has 0 unspecified atom stereocenters. The van der Waals surface area contributed by atoms with Crippen molar-refractivity contribution in [2.45, 2.75) is 0 Å². The van der Waals surface area contributed by atoms with Crippen LogP contribution in [0.1, 0.15) is 0 Å². The molecule has 0 amide bonds. The summed E-state index contributed by atoms with van der Waals surface area (Å²) in [6.07, 6.45) is 0. The van der Waals surface area contributed by atoms with E-state index >= 15 is 0 Å². The first-order valence-electron chi connectivity index (χ1n) is 17.5. The van der Waals surface area contributed by atoms with Crippen LogP contribution in [0.5, 0.6) is 0 Å². The van der Waals surface area contributed by atoms with Crippen molar-refractivity contribution in [2.24, 2.45) is 0 Å². The summed E-state index contributed by atoms with van der Waals surface area (Å²) in [7, 11) is 0. The number of aromatic nitrogens is 4. The summed E-state index contributed by atoms with van der Waals surface area (Å²) in [4.78, 5) is 20.7. The molecule has 52 heavy (non-hydrogen) atoms. The molecule has 0 radical (unpaired) electrons. The highest BCUT2D eigenvalue weighted by molar-refractivity contribution is 5.90. The summed E-state index contributed by atoms with van der Waals surface area (Å²) in [5, 5.41) is 6.90. The second kappa shape index (κ2) is 12.4. The molecule has 0 saturated carbocycles. The smallest absolute Gasteiger partial charge is 0.160 e. The van der Waals surface area contributed by atoms with E-state index in [0.29, 0.717) is 5.82 Å². The first kappa shape index (κ1) is 29.8. The Morgan fingerprint density at radius 3 is 1.19 bits per heavy atom. The minimum Gasteiger partial charge on any atom is -0.248 e. The van der Waals surface area contributed by atoms with Gasteiger partial charge in [-0.3, -0.25) is 0 Å². The van der Waals surface area contributed by atoms with Gasteiger partial charge in [-0.2, -0.15) is 0 Å². The fourth-order valence-corrected chi connectivity index (χ4v) is 7.07. The van der Waals surface area contributed by atoms with Gasteiger partial charge in [-0.1, -0.05) is 121 Å². The SMILES string of the molecule is c1ccc2cc(-c3cc(-c4cc(-c5ccc6ccccc6n5)cc(-c5ccc6ccccc6n5)c4)nc(-c4ccc5ccccc5c4)n3)ccc2c1. The highest BCUT2D eigenvalue weighted by atomic mass is 14.9. The molecule has 0 atom stereocenters. The number of pyridine rings is 2. The van der Waals surface area contributed by atoms with E-state index in [9.17, 15) is 0 Å². The average Bonchev–Trinajstić information content (AvgIpc) is 3.22. The number of hydrogen-bond acceptors (Lipinski definition) is 4. The number of rotatable bonds is 5. The maximum Gasteiger partial charge on any atom is 0.160 e. The topological polar surface area (TPSA) is 51.6 Å². The third-order valence-corrected chi connectivity index (χ3v) is 9.80. The zero-order valence-corrected chi connectivity index (χ0v) is 28.1. The number of hydrogen-bond donors (Lipinski definition) is 0. The van der Waals surface area contributed by atoms with E-state index < -0.39 is 0 Å². The van der Waals surface area contributed by atoms with Crippen LogP contribution in [-0.2, 0) is 0 Å². The number of benzene rings is 7. The Kier molecular flexibility index (Phi) is 7.10. The van der Waals surface area contributed by atoms with E-state index in [0.717, 1.165) is 77.8 Å². The van der Waals surface area contributed by atoms with Gasteiger partial charge in [-0.25, -0.2) is 19.9 Å². The number of fused-ring (bicyclic) bond motifs is 4. The quantitative estimate of drug-likeness (QED) is 0.184. The van der Waals surface area contributed by atoms with Crippen LogP contribution in [0.2, 0.25) is 0 Å². The van der Waals surface area contributed by atoms with E-state index in [2.05, 4.69) is 158 Å². The molecular weight excluding hydrogens is 633 g/mol. The lowest BCUT2D eigenvalue weighted by Gasteiger charge is -2.14. The van der Waals surface area contributed by atoms with Crippen LogP contribution >= 0.6 is 0 Å². The zero-order chi connectivity index (χ0) is 34.4. The molecule has 10 aromatic rings. The molecule has 0 fully saturated rings. The predicted molar refractivity (Wildman–Crippen MR) is 215 cm³/mol. The van der Waals surface area contributed by atoms with Crippen LogP contribution in [-0.4, -0.2) is 19.9 Å². The number of para-hydroxylation sites is 2. The van der Waals surface area contributed by atoms with E-state index in [1.807, 2.05) is 24.3 Å². The van der Waals surface area contributed by atoms with Crippen molar-refractivity contribution in [2.75, 3.05) is 0 Å². The second-order valence-electron chi connectivity index (χ2n) is 13.2. The third-order valence-electron chi connectivity index (χ3n) is 9.80. The highest BCUT2D eigenvalue weighted by Gasteiger charge is 2.16. The third kappa shape index (κ3) is 5.53. The minimum absolute atomic E-state index is 0.672. The Bertz CT molecular complexity index is 2580. The molecule has 0 N–H and O–H groups in total. The lowest BCUT2D eigenvalue weighted by atomic mass is 9.97. The Hall–Kier alpha value is -7.04. The largest absolute Gasteiger partial charge is 0.248 e. The van der Waals surface area contributed by atoms with Gasteiger partial charge in [0, 0.05) is 38.6 Å². The van der Waals surface area contributed by atoms with Crippen LogP contribution in [0.3, 0.4) is 0 Å². The van der Waals surface area contributed by atoms with Gasteiger partial charge in [-0.15, -0.1) is 0 Å². The summed E-state index contributed by atoms with van der Waals surface area (Å²) >= 11 is 0. The summed E-state index contributed by atoms with van der Waals surface area (Å²) in [5.41, 5.74) is 10.3. The lowest BCUT2D eigenvalue weighted by molar-refractivity contribution is 1.18. The van der Waals surface area contributed by atoms with Gasteiger partial charge in [0.05, 0.1) is 33.8 Å². The molecule has 0 aliphatic carbocycles. The molecule has 242 valence electrons. The molecule has 0 aliphatic rings. The van der Waals surface area contributed by atoms with Gasteiger partial charge in [0.25, 0.3) is 0 Å². The van der Waals surface area contributed by atoms with Gasteiger partial charge in [0.15, 0.2) is 5.82 Å². The van der Waals surface area contributed by atoms with Crippen LogP contribution in [0.25, 0.3) is 99.8 Å². The standard InChI is InChI=1S/C48H30N4/c1-3-13-35-25-37(19-17-31(35)9-1)46-30-47(52-48(51-46)38-20-18-32-10-2-4-14-36(32)26-38)41-28-39(44-23-21-33-11-5-7-15-42(33)49-44)27-40(29-41)45-24-22-34-12-6-8-16-43(34)50-45/h1-30H. The molecule has 0 saturated heterocycles. The molecule has 7 aromatic carbocycles. The fourth-order valence-electron chi connectivity index (χ4n) is 7.07. The van der Waals surface area contributed by atoms with Crippen molar-refractivity contribution in [3.05, 3.63) is 182 Å². The van der Waals surface area contributed by atoms with Gasteiger partial charge >= 0.3 is 0 Å². The summed E-state index contributed by atoms with van der Waals surface area (Å²) < 4.78 is 0. The van der Waals surface area contributed by atoms with E-state index in [-0.39, 0.29) is 0 Å². The molecule has 10 rings (SSSR count). The van der Waals surface area contributed by atoms with Crippen molar-refractivity contribution in [3.8, 4) is 56.4 Å². The van der Waals surface area contributed by atoms with E-state index in [1.54, 1.807) is 0 Å². The molecular formula is C48H30N4. The molecule has 3 aromatic heterocycles. The minimum atomic E-state index is 0.672. The molecule has 0 bridgehead atoms. The zero-order valence-electron chi connectivity index (χ0n) is 28.1. The second-order valence-corrected chi connectivity index (χ2v) is 13.2. The van der Waals surface area contributed by atoms with Crippen LogP contribution in [0, 0.1) is 0 Å². The van der Waals surface area contributed by atoms with Crippen LogP contribution in [0.4, 0.5) is 0 Å². The molecule has 0 aliphatic heterocycles.